The zero-order valence-corrected chi connectivity index (χ0v) is 7.37. The number of aromatic amines is 1. The lowest BCUT2D eigenvalue weighted by atomic mass is 10.2. The molecule has 0 atom stereocenters. The van der Waals surface area contributed by atoms with Gasteiger partial charge in [-0.2, -0.15) is 0 Å². The molecule has 1 heterocycles. The number of para-hydroxylation sites is 1. The maximum absolute atomic E-state index is 9.48. The Morgan fingerprint density at radius 2 is 2.31 bits per heavy atom. The topological polar surface area (TPSA) is 45.2 Å². The summed E-state index contributed by atoms with van der Waals surface area (Å²) in [6.45, 7) is 0.536. The van der Waals surface area contributed by atoms with Crippen LogP contribution < -0.4 is 0 Å². The number of H-pyrrole nitrogens is 1. The van der Waals surface area contributed by atoms with Crippen molar-refractivity contribution in [2.45, 2.75) is 6.61 Å². The van der Waals surface area contributed by atoms with Gasteiger partial charge in [-0.25, -0.2) is 0 Å². The second kappa shape index (κ2) is 3.11. The van der Waals surface area contributed by atoms with E-state index in [0.717, 1.165) is 16.6 Å². The number of benzene rings is 1. The summed E-state index contributed by atoms with van der Waals surface area (Å²) < 4.78 is 4.98. The number of hydrogen-bond acceptors (Lipinski definition) is 2. The number of hydrogen-bond donors (Lipinski definition) is 2. The molecular weight excluding hydrogens is 166 g/mol. The van der Waals surface area contributed by atoms with Crippen LogP contribution in [0.2, 0.25) is 0 Å². The summed E-state index contributed by atoms with van der Waals surface area (Å²) in [5.74, 6) is 0.278. The largest absolute Gasteiger partial charge is 0.506 e. The fourth-order valence-electron chi connectivity index (χ4n) is 1.43. The van der Waals surface area contributed by atoms with Crippen LogP contribution in [0.25, 0.3) is 10.9 Å². The molecule has 68 valence electrons. The van der Waals surface area contributed by atoms with Gasteiger partial charge in [0.2, 0.25) is 0 Å². The summed E-state index contributed by atoms with van der Waals surface area (Å²) in [7, 11) is 1.64. The summed E-state index contributed by atoms with van der Waals surface area (Å²) in [5, 5.41) is 10.5. The molecule has 3 nitrogen and oxygen atoms in total. The van der Waals surface area contributed by atoms with E-state index in [0.29, 0.717) is 6.61 Å². The lowest BCUT2D eigenvalue weighted by Crippen LogP contribution is -1.85. The molecule has 2 rings (SSSR count). The molecule has 0 unspecified atom stereocenters. The number of fused-ring (bicyclic) bond motifs is 1. The molecule has 0 aliphatic heterocycles. The van der Waals surface area contributed by atoms with Crippen LogP contribution in [-0.4, -0.2) is 17.2 Å². The van der Waals surface area contributed by atoms with Crippen molar-refractivity contribution in [1.82, 2.24) is 4.98 Å². The molecule has 3 heteroatoms. The van der Waals surface area contributed by atoms with Crippen LogP contribution in [0.5, 0.6) is 5.75 Å². The van der Waals surface area contributed by atoms with Gasteiger partial charge in [-0.05, 0) is 12.1 Å². The van der Waals surface area contributed by atoms with Crippen molar-refractivity contribution in [2.24, 2.45) is 0 Å². The minimum absolute atomic E-state index is 0.278. The van der Waals surface area contributed by atoms with Crippen LogP contribution in [0.4, 0.5) is 0 Å². The molecule has 2 N–H and O–H groups in total. The first kappa shape index (κ1) is 8.13. The van der Waals surface area contributed by atoms with Crippen LogP contribution in [0, 0.1) is 0 Å². The molecule has 0 spiro atoms. The third-order valence-electron chi connectivity index (χ3n) is 1.99. The fourth-order valence-corrected chi connectivity index (χ4v) is 1.43. The summed E-state index contributed by atoms with van der Waals surface area (Å²) in [5.41, 5.74) is 1.74. The maximum Gasteiger partial charge on any atom is 0.139 e. The van der Waals surface area contributed by atoms with Gasteiger partial charge in [0.15, 0.2) is 0 Å². The van der Waals surface area contributed by atoms with Crippen LogP contribution in [-0.2, 0) is 11.3 Å². The molecule has 0 saturated heterocycles. The predicted octanol–water partition coefficient (Wildman–Crippen LogP) is 2.02. The highest BCUT2D eigenvalue weighted by Crippen LogP contribution is 2.24. The molecule has 0 amide bonds. The first-order chi connectivity index (χ1) is 6.31. The Labute approximate surface area is 76.0 Å². The zero-order valence-electron chi connectivity index (χ0n) is 7.37. The molecule has 13 heavy (non-hydrogen) atoms. The average Bonchev–Trinajstić information content (AvgIpc) is 2.49. The molecule has 1 aromatic heterocycles. The van der Waals surface area contributed by atoms with Crippen LogP contribution in [0.15, 0.2) is 24.3 Å². The number of phenols is 1. The van der Waals surface area contributed by atoms with Crippen LogP contribution >= 0.6 is 0 Å². The summed E-state index contributed by atoms with van der Waals surface area (Å²) in [4.78, 5) is 3.09. The molecule has 0 bridgehead atoms. The highest BCUT2D eigenvalue weighted by molar-refractivity contribution is 5.85. The van der Waals surface area contributed by atoms with E-state index in [2.05, 4.69) is 4.98 Å². The SMILES string of the molecule is COCc1cc2cccc(O)c2[nH]1. The van der Waals surface area contributed by atoms with Crippen molar-refractivity contribution >= 4 is 10.9 Å². The third-order valence-corrected chi connectivity index (χ3v) is 1.99. The fraction of sp³-hybridized carbons (Fsp3) is 0.200. The van der Waals surface area contributed by atoms with E-state index in [1.165, 1.54) is 0 Å². The molecule has 0 radical (unpaired) electrons. The minimum atomic E-state index is 0.278. The third kappa shape index (κ3) is 1.38. The first-order valence-corrected chi connectivity index (χ1v) is 4.10. The van der Waals surface area contributed by atoms with E-state index in [1.807, 2.05) is 18.2 Å². The number of methoxy groups -OCH3 is 1. The summed E-state index contributed by atoms with van der Waals surface area (Å²) in [6, 6.07) is 7.40. The van der Waals surface area contributed by atoms with Gasteiger partial charge in [0.05, 0.1) is 12.1 Å². The van der Waals surface area contributed by atoms with Gasteiger partial charge in [0, 0.05) is 18.2 Å². The molecule has 1 aromatic carbocycles. The van der Waals surface area contributed by atoms with Crippen molar-refractivity contribution < 1.29 is 9.84 Å². The lowest BCUT2D eigenvalue weighted by Gasteiger charge is -1.93. The first-order valence-electron chi connectivity index (χ1n) is 4.10. The van der Waals surface area contributed by atoms with Crippen LogP contribution in [0.3, 0.4) is 0 Å². The number of aromatic nitrogens is 1. The van der Waals surface area contributed by atoms with Gasteiger partial charge in [-0.1, -0.05) is 12.1 Å². The Morgan fingerprint density at radius 1 is 1.46 bits per heavy atom. The molecular formula is C10H11NO2. The highest BCUT2D eigenvalue weighted by atomic mass is 16.5. The molecule has 2 aromatic rings. The van der Waals surface area contributed by atoms with E-state index in [-0.39, 0.29) is 5.75 Å². The summed E-state index contributed by atoms with van der Waals surface area (Å²) in [6.07, 6.45) is 0. The van der Waals surface area contributed by atoms with Crippen molar-refractivity contribution in [3.05, 3.63) is 30.0 Å². The Bertz CT molecular complexity index is 420. The van der Waals surface area contributed by atoms with Crippen molar-refractivity contribution in [3.63, 3.8) is 0 Å². The second-order valence-corrected chi connectivity index (χ2v) is 2.97. The van der Waals surface area contributed by atoms with E-state index < -0.39 is 0 Å². The van der Waals surface area contributed by atoms with Gasteiger partial charge in [0.1, 0.15) is 5.75 Å². The Hall–Kier alpha value is -1.48. The highest BCUT2D eigenvalue weighted by Gasteiger charge is 2.03. The summed E-state index contributed by atoms with van der Waals surface area (Å²) >= 11 is 0. The standard InChI is InChI=1S/C10H11NO2/c1-13-6-8-5-7-3-2-4-9(12)10(7)11-8/h2-5,11-12H,6H2,1H3. The van der Waals surface area contributed by atoms with Gasteiger partial charge in [0.25, 0.3) is 0 Å². The maximum atomic E-state index is 9.48. The van der Waals surface area contributed by atoms with Crippen LogP contribution in [0.1, 0.15) is 5.69 Å². The monoisotopic (exact) mass is 177 g/mol. The van der Waals surface area contributed by atoms with E-state index in [1.54, 1.807) is 13.2 Å². The van der Waals surface area contributed by atoms with Gasteiger partial charge in [-0.3, -0.25) is 0 Å². The Morgan fingerprint density at radius 3 is 3.00 bits per heavy atom. The number of ether oxygens (including phenoxy) is 1. The smallest absolute Gasteiger partial charge is 0.139 e. The second-order valence-electron chi connectivity index (χ2n) is 2.97. The van der Waals surface area contributed by atoms with E-state index >= 15 is 0 Å². The zero-order chi connectivity index (χ0) is 9.26. The van der Waals surface area contributed by atoms with Crippen molar-refractivity contribution in [3.8, 4) is 5.75 Å². The van der Waals surface area contributed by atoms with E-state index in [9.17, 15) is 5.11 Å². The normalized spacial score (nSPS) is 10.8. The molecule has 0 saturated carbocycles. The molecule has 0 fully saturated rings. The number of aromatic hydroxyl groups is 1. The molecule has 0 aliphatic carbocycles. The minimum Gasteiger partial charge on any atom is -0.506 e. The van der Waals surface area contributed by atoms with Gasteiger partial charge < -0.3 is 14.8 Å². The Balaban J connectivity index is 2.55. The van der Waals surface area contributed by atoms with Crippen molar-refractivity contribution in [1.29, 1.82) is 0 Å². The number of nitrogens with one attached hydrogen (secondary N) is 1. The average molecular weight is 177 g/mol. The van der Waals surface area contributed by atoms with Crippen molar-refractivity contribution in [2.75, 3.05) is 7.11 Å². The quantitative estimate of drug-likeness (QED) is 0.737. The number of phenolic OH excluding ortho intramolecular Hbond substituents is 1. The predicted molar refractivity (Wildman–Crippen MR) is 50.7 cm³/mol. The lowest BCUT2D eigenvalue weighted by molar-refractivity contribution is 0.182. The molecule has 0 aliphatic rings. The van der Waals surface area contributed by atoms with Gasteiger partial charge in [-0.15, -0.1) is 0 Å². The van der Waals surface area contributed by atoms with Gasteiger partial charge >= 0.3 is 0 Å². The number of rotatable bonds is 2. The van der Waals surface area contributed by atoms with E-state index in [4.69, 9.17) is 4.74 Å². The Kier molecular flexibility index (Phi) is 1.94.